The Balaban J connectivity index is 3.27. The van der Waals surface area contributed by atoms with Crippen LogP contribution in [0.5, 0.6) is 0 Å². The van der Waals surface area contributed by atoms with Crippen LogP contribution in [0.2, 0.25) is 5.02 Å². The molecule has 0 unspecified atom stereocenters. The Morgan fingerprint density at radius 2 is 2.30 bits per heavy atom. The molecule has 2 heteroatoms. The highest BCUT2D eigenvalue weighted by molar-refractivity contribution is 6.32. The van der Waals surface area contributed by atoms with Gasteiger partial charge in [-0.1, -0.05) is 24.3 Å². The summed E-state index contributed by atoms with van der Waals surface area (Å²) in [7, 11) is 0. The van der Waals surface area contributed by atoms with Gasteiger partial charge >= 0.3 is 0 Å². The summed E-state index contributed by atoms with van der Waals surface area (Å²) in [6.07, 6.45) is 5.12. The molecule has 0 saturated heterocycles. The number of hydrogen-bond donors (Lipinski definition) is 0. The first-order chi connectivity index (χ1) is 4.75. The Hall–Kier alpha value is -0.820. The predicted molar refractivity (Wildman–Crippen MR) is 44.1 cm³/mol. The monoisotopic (exact) mass is 153 g/mol. The number of nitrogens with zero attached hydrogens (tertiary/aromatic N) is 1. The Labute approximate surface area is 65.4 Å². The average Bonchev–Trinajstić information content (AvgIpc) is 1.95. The van der Waals surface area contributed by atoms with Crippen molar-refractivity contribution in [2.24, 2.45) is 0 Å². The molecule has 0 aliphatic heterocycles. The molecule has 10 heavy (non-hydrogen) atoms. The van der Waals surface area contributed by atoms with Gasteiger partial charge in [-0.25, -0.2) is 0 Å². The largest absolute Gasteiger partial charge is 0.264 e. The average molecular weight is 154 g/mol. The maximum absolute atomic E-state index is 5.88. The van der Waals surface area contributed by atoms with Gasteiger partial charge in [0.1, 0.15) is 0 Å². The van der Waals surface area contributed by atoms with E-state index in [0.717, 1.165) is 16.1 Å². The second-order valence-electron chi connectivity index (χ2n) is 2.06. The van der Waals surface area contributed by atoms with Crippen molar-refractivity contribution in [3.63, 3.8) is 0 Å². The van der Waals surface area contributed by atoms with Crippen molar-refractivity contribution in [2.75, 3.05) is 0 Å². The van der Waals surface area contributed by atoms with Crippen molar-refractivity contribution >= 4 is 17.7 Å². The van der Waals surface area contributed by atoms with Crippen LogP contribution in [0.3, 0.4) is 0 Å². The third-order valence-electron chi connectivity index (χ3n) is 1.30. The summed E-state index contributed by atoms with van der Waals surface area (Å²) < 4.78 is 0. The SMILES string of the molecule is C=Cc1cncc(C)c1Cl. The van der Waals surface area contributed by atoms with E-state index in [1.54, 1.807) is 18.5 Å². The molecule has 52 valence electrons. The number of hydrogen-bond acceptors (Lipinski definition) is 1. The Morgan fingerprint density at radius 3 is 2.80 bits per heavy atom. The van der Waals surface area contributed by atoms with Crippen LogP contribution in [0, 0.1) is 6.92 Å². The topological polar surface area (TPSA) is 12.9 Å². The van der Waals surface area contributed by atoms with Gasteiger partial charge < -0.3 is 0 Å². The predicted octanol–water partition coefficient (Wildman–Crippen LogP) is 2.69. The van der Waals surface area contributed by atoms with E-state index in [9.17, 15) is 0 Å². The summed E-state index contributed by atoms with van der Waals surface area (Å²) in [5, 5.41) is 0.741. The minimum Gasteiger partial charge on any atom is -0.264 e. The molecule has 1 heterocycles. The van der Waals surface area contributed by atoms with E-state index >= 15 is 0 Å². The number of halogens is 1. The molecule has 0 radical (unpaired) electrons. The highest BCUT2D eigenvalue weighted by atomic mass is 35.5. The lowest BCUT2D eigenvalue weighted by Crippen LogP contribution is -1.82. The quantitative estimate of drug-likeness (QED) is 0.605. The molecule has 1 nitrogen and oxygen atoms in total. The lowest BCUT2D eigenvalue weighted by Gasteiger charge is -1.98. The van der Waals surface area contributed by atoms with E-state index in [1.165, 1.54) is 0 Å². The molecule has 1 aromatic heterocycles. The first kappa shape index (κ1) is 7.29. The van der Waals surface area contributed by atoms with Gasteiger partial charge in [0, 0.05) is 18.0 Å². The van der Waals surface area contributed by atoms with Crippen molar-refractivity contribution in [2.45, 2.75) is 6.92 Å². The van der Waals surface area contributed by atoms with Crippen molar-refractivity contribution in [3.05, 3.63) is 35.1 Å². The third-order valence-corrected chi connectivity index (χ3v) is 1.82. The number of rotatable bonds is 1. The molecule has 0 amide bonds. The molecule has 1 aromatic rings. The standard InChI is InChI=1S/C8H8ClN/c1-3-7-5-10-4-6(2)8(7)9/h3-5H,1H2,2H3. The molecule has 0 bridgehead atoms. The number of pyridine rings is 1. The first-order valence-corrected chi connectivity index (χ1v) is 3.36. The summed E-state index contributed by atoms with van der Waals surface area (Å²) in [4.78, 5) is 3.96. The molecule has 0 aliphatic carbocycles. The van der Waals surface area contributed by atoms with Crippen LogP contribution in [0.15, 0.2) is 19.0 Å². The Kier molecular flexibility index (Phi) is 2.07. The van der Waals surface area contributed by atoms with Crippen LogP contribution in [-0.4, -0.2) is 4.98 Å². The molecule has 0 aliphatic rings. The fourth-order valence-electron chi connectivity index (χ4n) is 0.713. The molecule has 0 N–H and O–H groups in total. The van der Waals surface area contributed by atoms with E-state index in [2.05, 4.69) is 11.6 Å². The normalized spacial score (nSPS) is 9.40. The molecule has 0 aromatic carbocycles. The van der Waals surface area contributed by atoms with Crippen LogP contribution < -0.4 is 0 Å². The lowest BCUT2D eigenvalue weighted by molar-refractivity contribution is 1.26. The lowest BCUT2D eigenvalue weighted by atomic mass is 10.2. The highest BCUT2D eigenvalue weighted by Crippen LogP contribution is 2.18. The molecule has 0 spiro atoms. The van der Waals surface area contributed by atoms with Gasteiger partial charge in [-0.2, -0.15) is 0 Å². The van der Waals surface area contributed by atoms with Crippen molar-refractivity contribution in [1.82, 2.24) is 4.98 Å². The molecular formula is C8H8ClN. The summed E-state index contributed by atoms with van der Waals surface area (Å²) in [5.41, 5.74) is 1.88. The van der Waals surface area contributed by atoms with Crippen molar-refractivity contribution in [3.8, 4) is 0 Å². The zero-order valence-electron chi connectivity index (χ0n) is 5.76. The van der Waals surface area contributed by atoms with Gasteiger partial charge in [0.05, 0.1) is 5.02 Å². The van der Waals surface area contributed by atoms with Crippen LogP contribution in [0.4, 0.5) is 0 Å². The van der Waals surface area contributed by atoms with Gasteiger partial charge in [-0.05, 0) is 12.5 Å². The maximum Gasteiger partial charge on any atom is 0.0538 e. The van der Waals surface area contributed by atoms with E-state index in [4.69, 9.17) is 11.6 Å². The molecular weight excluding hydrogens is 146 g/mol. The zero-order valence-corrected chi connectivity index (χ0v) is 6.52. The smallest absolute Gasteiger partial charge is 0.0538 e. The van der Waals surface area contributed by atoms with Gasteiger partial charge in [0.25, 0.3) is 0 Å². The van der Waals surface area contributed by atoms with Gasteiger partial charge in [-0.3, -0.25) is 4.98 Å². The summed E-state index contributed by atoms with van der Waals surface area (Å²) in [5.74, 6) is 0. The third kappa shape index (κ3) is 1.19. The minimum absolute atomic E-state index is 0.741. The van der Waals surface area contributed by atoms with Crippen LogP contribution in [0.25, 0.3) is 6.08 Å². The van der Waals surface area contributed by atoms with E-state index < -0.39 is 0 Å². The van der Waals surface area contributed by atoms with Crippen LogP contribution in [-0.2, 0) is 0 Å². The highest BCUT2D eigenvalue weighted by Gasteiger charge is 1.97. The maximum atomic E-state index is 5.88. The van der Waals surface area contributed by atoms with Gasteiger partial charge in [-0.15, -0.1) is 0 Å². The van der Waals surface area contributed by atoms with E-state index in [1.807, 2.05) is 6.92 Å². The Bertz CT molecular complexity index is 255. The van der Waals surface area contributed by atoms with E-state index in [-0.39, 0.29) is 0 Å². The zero-order chi connectivity index (χ0) is 7.56. The number of aromatic nitrogens is 1. The summed E-state index contributed by atoms with van der Waals surface area (Å²) in [6.45, 7) is 5.53. The fourth-order valence-corrected chi connectivity index (χ4v) is 0.887. The molecule has 1 rings (SSSR count). The van der Waals surface area contributed by atoms with Crippen LogP contribution in [0.1, 0.15) is 11.1 Å². The second kappa shape index (κ2) is 2.84. The summed E-state index contributed by atoms with van der Waals surface area (Å²) in [6, 6.07) is 0. The van der Waals surface area contributed by atoms with E-state index in [0.29, 0.717) is 0 Å². The van der Waals surface area contributed by atoms with Crippen LogP contribution >= 0.6 is 11.6 Å². The van der Waals surface area contributed by atoms with Gasteiger partial charge in [0.2, 0.25) is 0 Å². The number of aryl methyl sites for hydroxylation is 1. The van der Waals surface area contributed by atoms with Gasteiger partial charge in [0.15, 0.2) is 0 Å². The summed E-state index contributed by atoms with van der Waals surface area (Å²) >= 11 is 5.88. The van der Waals surface area contributed by atoms with Crippen molar-refractivity contribution in [1.29, 1.82) is 0 Å². The van der Waals surface area contributed by atoms with Crippen molar-refractivity contribution < 1.29 is 0 Å². The first-order valence-electron chi connectivity index (χ1n) is 2.98. The molecule has 0 saturated carbocycles. The molecule has 0 atom stereocenters. The fraction of sp³-hybridized carbons (Fsp3) is 0.125. The minimum atomic E-state index is 0.741. The molecule has 0 fully saturated rings. The Morgan fingerprint density at radius 1 is 1.60 bits per heavy atom. The second-order valence-corrected chi connectivity index (χ2v) is 2.44.